The van der Waals surface area contributed by atoms with E-state index in [9.17, 15) is 0 Å². The van der Waals surface area contributed by atoms with E-state index in [4.69, 9.17) is 19.9 Å². The monoisotopic (exact) mass is 211 g/mol. The van der Waals surface area contributed by atoms with Crippen molar-refractivity contribution in [3.05, 3.63) is 23.3 Å². The molecule has 2 N–H and O–H groups in total. The molecule has 0 unspecified atom stereocenters. The fourth-order valence-electron chi connectivity index (χ4n) is 1.53. The average Bonchev–Trinajstić information content (AvgIpc) is 2.28. The van der Waals surface area contributed by atoms with E-state index in [1.54, 1.807) is 21.3 Å². The van der Waals surface area contributed by atoms with Gasteiger partial charge in [-0.2, -0.15) is 0 Å². The third-order valence-corrected chi connectivity index (χ3v) is 2.25. The molecular weight excluding hydrogens is 194 g/mol. The van der Waals surface area contributed by atoms with Gasteiger partial charge in [0.25, 0.3) is 0 Å². The minimum Gasteiger partial charge on any atom is -0.493 e. The van der Waals surface area contributed by atoms with Crippen LogP contribution in [0.3, 0.4) is 0 Å². The zero-order valence-electron chi connectivity index (χ0n) is 9.37. The molecule has 4 nitrogen and oxygen atoms in total. The summed E-state index contributed by atoms with van der Waals surface area (Å²) in [7, 11) is 4.85. The molecule has 0 spiro atoms. The molecule has 4 heteroatoms. The first kappa shape index (κ1) is 11.8. The zero-order valence-corrected chi connectivity index (χ0v) is 9.37. The maximum absolute atomic E-state index is 5.64. The Morgan fingerprint density at radius 1 is 1.13 bits per heavy atom. The predicted molar refractivity (Wildman–Crippen MR) is 58.2 cm³/mol. The largest absolute Gasteiger partial charge is 0.493 e. The molecule has 0 heterocycles. The van der Waals surface area contributed by atoms with Crippen molar-refractivity contribution in [3.8, 4) is 11.5 Å². The Labute approximate surface area is 89.9 Å². The summed E-state index contributed by atoms with van der Waals surface area (Å²) in [4.78, 5) is 0. The number of hydrogen-bond donors (Lipinski definition) is 1. The van der Waals surface area contributed by atoms with Gasteiger partial charge in [-0.3, -0.25) is 0 Å². The van der Waals surface area contributed by atoms with E-state index >= 15 is 0 Å². The molecule has 0 saturated heterocycles. The number of benzene rings is 1. The highest BCUT2D eigenvalue weighted by atomic mass is 16.5. The highest BCUT2D eigenvalue weighted by Gasteiger charge is 2.13. The van der Waals surface area contributed by atoms with E-state index in [-0.39, 0.29) is 0 Å². The van der Waals surface area contributed by atoms with Crippen LogP contribution < -0.4 is 15.2 Å². The van der Waals surface area contributed by atoms with E-state index in [0.29, 0.717) is 24.7 Å². The second kappa shape index (κ2) is 5.58. The molecular formula is C11H17NO3. The fourth-order valence-corrected chi connectivity index (χ4v) is 1.53. The van der Waals surface area contributed by atoms with E-state index < -0.39 is 0 Å². The topological polar surface area (TPSA) is 53.7 Å². The van der Waals surface area contributed by atoms with Crippen LogP contribution in [0.4, 0.5) is 0 Å². The first-order valence-corrected chi connectivity index (χ1v) is 4.70. The molecule has 0 bridgehead atoms. The van der Waals surface area contributed by atoms with Gasteiger partial charge in [-0.1, -0.05) is 6.07 Å². The quantitative estimate of drug-likeness (QED) is 0.797. The number of methoxy groups -OCH3 is 3. The van der Waals surface area contributed by atoms with Crippen LogP contribution in [0.15, 0.2) is 12.1 Å². The molecule has 0 amide bonds. The van der Waals surface area contributed by atoms with Crippen molar-refractivity contribution >= 4 is 0 Å². The lowest BCUT2D eigenvalue weighted by Gasteiger charge is -2.15. The first-order chi connectivity index (χ1) is 7.28. The van der Waals surface area contributed by atoms with Gasteiger partial charge >= 0.3 is 0 Å². The summed E-state index contributed by atoms with van der Waals surface area (Å²) in [6.45, 7) is 0.923. The van der Waals surface area contributed by atoms with Gasteiger partial charge in [0.15, 0.2) is 11.5 Å². The summed E-state index contributed by atoms with van der Waals surface area (Å²) in [5.74, 6) is 1.39. The van der Waals surface area contributed by atoms with Crippen LogP contribution in [0.5, 0.6) is 11.5 Å². The molecule has 1 aromatic rings. The Hall–Kier alpha value is -1.26. The molecule has 15 heavy (non-hydrogen) atoms. The molecule has 84 valence electrons. The van der Waals surface area contributed by atoms with E-state index in [0.717, 1.165) is 11.1 Å². The molecule has 0 radical (unpaired) electrons. The minimum absolute atomic E-state index is 0.457. The molecule has 0 aromatic heterocycles. The zero-order chi connectivity index (χ0) is 11.3. The standard InChI is InChI=1S/C11H17NO3/c1-13-7-9-8(6-12)4-5-10(14-2)11(9)15-3/h4-5H,6-7,12H2,1-3H3. The predicted octanol–water partition coefficient (Wildman–Crippen LogP) is 1.31. The smallest absolute Gasteiger partial charge is 0.166 e. The molecule has 0 atom stereocenters. The molecule has 1 aromatic carbocycles. The van der Waals surface area contributed by atoms with Gasteiger partial charge in [0.2, 0.25) is 0 Å². The van der Waals surface area contributed by atoms with Crippen LogP contribution in [-0.4, -0.2) is 21.3 Å². The first-order valence-electron chi connectivity index (χ1n) is 4.70. The summed E-state index contributed by atoms with van der Waals surface area (Å²) in [6.07, 6.45) is 0. The molecule has 0 aliphatic carbocycles. The molecule has 0 fully saturated rings. The van der Waals surface area contributed by atoms with Gasteiger partial charge in [-0.15, -0.1) is 0 Å². The van der Waals surface area contributed by atoms with Gasteiger partial charge in [0.05, 0.1) is 20.8 Å². The van der Waals surface area contributed by atoms with Gasteiger partial charge in [0.1, 0.15) is 0 Å². The Kier molecular flexibility index (Phi) is 4.39. The lowest BCUT2D eigenvalue weighted by Crippen LogP contribution is -2.06. The van der Waals surface area contributed by atoms with Crippen molar-refractivity contribution in [1.82, 2.24) is 0 Å². The Morgan fingerprint density at radius 3 is 2.33 bits per heavy atom. The fraction of sp³-hybridized carbons (Fsp3) is 0.455. The van der Waals surface area contributed by atoms with Crippen molar-refractivity contribution in [2.24, 2.45) is 5.73 Å². The Bertz CT molecular complexity index is 326. The molecule has 0 aliphatic heterocycles. The highest BCUT2D eigenvalue weighted by molar-refractivity contribution is 5.50. The van der Waals surface area contributed by atoms with Gasteiger partial charge < -0.3 is 19.9 Å². The van der Waals surface area contributed by atoms with Crippen molar-refractivity contribution in [1.29, 1.82) is 0 Å². The number of rotatable bonds is 5. The van der Waals surface area contributed by atoms with Gasteiger partial charge in [-0.25, -0.2) is 0 Å². The third-order valence-electron chi connectivity index (χ3n) is 2.25. The Balaban J connectivity index is 3.24. The maximum Gasteiger partial charge on any atom is 0.166 e. The van der Waals surface area contributed by atoms with Crippen LogP contribution in [0.1, 0.15) is 11.1 Å². The van der Waals surface area contributed by atoms with Crippen LogP contribution in [0.25, 0.3) is 0 Å². The van der Waals surface area contributed by atoms with Crippen molar-refractivity contribution in [2.45, 2.75) is 13.2 Å². The van der Waals surface area contributed by atoms with E-state index in [1.165, 1.54) is 0 Å². The summed E-state index contributed by atoms with van der Waals surface area (Å²) in [6, 6.07) is 3.77. The van der Waals surface area contributed by atoms with Crippen LogP contribution in [0, 0.1) is 0 Å². The highest BCUT2D eigenvalue weighted by Crippen LogP contribution is 2.33. The van der Waals surface area contributed by atoms with Crippen LogP contribution >= 0.6 is 0 Å². The minimum atomic E-state index is 0.457. The summed E-state index contributed by atoms with van der Waals surface area (Å²) in [5.41, 5.74) is 7.60. The third kappa shape index (κ3) is 2.40. The maximum atomic E-state index is 5.64. The normalized spacial score (nSPS) is 10.1. The summed E-state index contributed by atoms with van der Waals surface area (Å²) in [5, 5.41) is 0. The number of nitrogens with two attached hydrogens (primary N) is 1. The van der Waals surface area contributed by atoms with Gasteiger partial charge in [-0.05, 0) is 11.6 Å². The van der Waals surface area contributed by atoms with Gasteiger partial charge in [0, 0.05) is 19.2 Å². The second-order valence-electron chi connectivity index (χ2n) is 3.08. The average molecular weight is 211 g/mol. The molecule has 0 saturated carbocycles. The van der Waals surface area contributed by atoms with Crippen LogP contribution in [0.2, 0.25) is 0 Å². The van der Waals surface area contributed by atoms with E-state index in [2.05, 4.69) is 0 Å². The van der Waals surface area contributed by atoms with Crippen LogP contribution in [-0.2, 0) is 17.9 Å². The summed E-state index contributed by atoms with van der Waals surface area (Å²) < 4.78 is 15.6. The number of hydrogen-bond acceptors (Lipinski definition) is 4. The lowest BCUT2D eigenvalue weighted by molar-refractivity contribution is 0.180. The SMILES string of the molecule is COCc1c(CN)ccc(OC)c1OC. The van der Waals surface area contributed by atoms with Crippen molar-refractivity contribution < 1.29 is 14.2 Å². The van der Waals surface area contributed by atoms with Crippen molar-refractivity contribution in [2.75, 3.05) is 21.3 Å². The lowest BCUT2D eigenvalue weighted by atomic mass is 10.1. The molecule has 0 aliphatic rings. The van der Waals surface area contributed by atoms with E-state index in [1.807, 2.05) is 12.1 Å². The van der Waals surface area contributed by atoms with Crippen molar-refractivity contribution in [3.63, 3.8) is 0 Å². The number of ether oxygens (including phenoxy) is 3. The summed E-state index contributed by atoms with van der Waals surface area (Å²) >= 11 is 0. The Morgan fingerprint density at radius 2 is 1.87 bits per heavy atom. The molecule has 1 rings (SSSR count). The second-order valence-corrected chi connectivity index (χ2v) is 3.08.